The van der Waals surface area contributed by atoms with Gasteiger partial charge in [0.25, 0.3) is 5.91 Å². The van der Waals surface area contributed by atoms with Gasteiger partial charge in [0.05, 0.1) is 23.7 Å². The number of aryl methyl sites for hydroxylation is 1. The van der Waals surface area contributed by atoms with Gasteiger partial charge in [-0.05, 0) is 49.6 Å². The predicted octanol–water partition coefficient (Wildman–Crippen LogP) is 4.43. The van der Waals surface area contributed by atoms with E-state index in [1.807, 2.05) is 37.3 Å². The SMILES string of the molecule is Cc1ccc(S(=O)(=O)N(CC(=O)N2C[C@H](C(=O)NCc3ccccc3)Oc3ccccc32)C2CCCCC2)cc1. The van der Waals surface area contributed by atoms with Gasteiger partial charge in [-0.1, -0.05) is 79.4 Å². The second-order valence-electron chi connectivity index (χ2n) is 10.4. The smallest absolute Gasteiger partial charge is 0.263 e. The maximum absolute atomic E-state index is 13.9. The van der Waals surface area contributed by atoms with Gasteiger partial charge < -0.3 is 15.0 Å². The first-order valence-electron chi connectivity index (χ1n) is 13.8. The van der Waals surface area contributed by atoms with E-state index in [9.17, 15) is 18.0 Å². The molecular weight excluding hydrogens is 526 g/mol. The zero-order valence-electron chi connectivity index (χ0n) is 22.7. The van der Waals surface area contributed by atoms with Crippen LogP contribution < -0.4 is 15.0 Å². The van der Waals surface area contributed by atoms with E-state index in [1.54, 1.807) is 48.5 Å². The average Bonchev–Trinajstić information content (AvgIpc) is 2.99. The number of hydrogen-bond acceptors (Lipinski definition) is 5. The zero-order chi connectivity index (χ0) is 28.1. The van der Waals surface area contributed by atoms with Gasteiger partial charge in [0.2, 0.25) is 15.9 Å². The Balaban J connectivity index is 1.39. The quantitative estimate of drug-likeness (QED) is 0.439. The minimum absolute atomic E-state index is 0.0143. The summed E-state index contributed by atoms with van der Waals surface area (Å²) in [5.74, 6) is -0.321. The molecule has 210 valence electrons. The van der Waals surface area contributed by atoms with Crippen LogP contribution in [-0.4, -0.2) is 49.8 Å². The van der Waals surface area contributed by atoms with Crippen molar-refractivity contribution in [1.82, 2.24) is 9.62 Å². The van der Waals surface area contributed by atoms with Crippen molar-refractivity contribution in [3.05, 3.63) is 90.0 Å². The van der Waals surface area contributed by atoms with E-state index in [2.05, 4.69) is 5.32 Å². The van der Waals surface area contributed by atoms with Crippen molar-refractivity contribution in [2.75, 3.05) is 18.0 Å². The number of carbonyl (C=O) groups is 2. The molecule has 1 N–H and O–H groups in total. The molecular formula is C31H35N3O5S. The first kappa shape index (κ1) is 27.9. The van der Waals surface area contributed by atoms with E-state index in [1.165, 1.54) is 9.21 Å². The Morgan fingerprint density at radius 1 is 0.925 bits per heavy atom. The number of nitrogens with one attached hydrogen (secondary N) is 1. The third-order valence-electron chi connectivity index (χ3n) is 7.58. The van der Waals surface area contributed by atoms with Gasteiger partial charge in [-0.3, -0.25) is 9.59 Å². The third kappa shape index (κ3) is 6.21. The van der Waals surface area contributed by atoms with E-state index in [0.29, 0.717) is 30.8 Å². The van der Waals surface area contributed by atoms with E-state index in [-0.39, 0.29) is 29.9 Å². The van der Waals surface area contributed by atoms with Gasteiger partial charge in [-0.2, -0.15) is 4.31 Å². The highest BCUT2D eigenvalue weighted by atomic mass is 32.2. The predicted molar refractivity (Wildman–Crippen MR) is 153 cm³/mol. The number of rotatable bonds is 8. The normalized spacial score (nSPS) is 17.6. The highest BCUT2D eigenvalue weighted by Crippen LogP contribution is 2.34. The summed E-state index contributed by atoms with van der Waals surface area (Å²) in [6.45, 7) is 1.91. The first-order valence-corrected chi connectivity index (χ1v) is 15.2. The number of ether oxygens (including phenoxy) is 1. The molecule has 1 heterocycles. The van der Waals surface area contributed by atoms with Crippen molar-refractivity contribution in [1.29, 1.82) is 0 Å². The molecule has 2 aliphatic rings. The molecule has 0 bridgehead atoms. The lowest BCUT2D eigenvalue weighted by atomic mass is 9.95. The van der Waals surface area contributed by atoms with Crippen molar-refractivity contribution in [3.8, 4) is 5.75 Å². The van der Waals surface area contributed by atoms with Gasteiger partial charge in [0.15, 0.2) is 6.10 Å². The maximum Gasteiger partial charge on any atom is 0.263 e. The van der Waals surface area contributed by atoms with Gasteiger partial charge in [0.1, 0.15) is 5.75 Å². The molecule has 1 atom stereocenters. The van der Waals surface area contributed by atoms with Gasteiger partial charge in [-0.25, -0.2) is 8.42 Å². The topological polar surface area (TPSA) is 96.0 Å². The number of amides is 2. The Hall–Kier alpha value is -3.69. The fourth-order valence-electron chi connectivity index (χ4n) is 5.35. The Morgan fingerprint density at radius 3 is 2.33 bits per heavy atom. The number of carbonyl (C=O) groups excluding carboxylic acids is 2. The number of benzene rings is 3. The molecule has 0 unspecified atom stereocenters. The number of sulfonamides is 1. The van der Waals surface area contributed by atoms with Crippen LogP contribution in [0.25, 0.3) is 0 Å². The van der Waals surface area contributed by atoms with E-state index in [0.717, 1.165) is 30.4 Å². The molecule has 40 heavy (non-hydrogen) atoms. The van der Waals surface area contributed by atoms with Crippen LogP contribution in [0, 0.1) is 6.92 Å². The number of nitrogens with zero attached hydrogens (tertiary/aromatic N) is 2. The Kier molecular flexibility index (Phi) is 8.52. The van der Waals surface area contributed by atoms with Crippen molar-refractivity contribution in [2.24, 2.45) is 0 Å². The molecule has 0 spiro atoms. The lowest BCUT2D eigenvalue weighted by molar-refractivity contribution is -0.128. The molecule has 3 aromatic rings. The van der Waals surface area contributed by atoms with Crippen LogP contribution in [0.4, 0.5) is 5.69 Å². The Morgan fingerprint density at radius 2 is 1.60 bits per heavy atom. The molecule has 9 heteroatoms. The summed E-state index contributed by atoms with van der Waals surface area (Å²) in [7, 11) is -3.92. The molecule has 3 aromatic carbocycles. The van der Waals surface area contributed by atoms with Crippen LogP contribution in [-0.2, 0) is 26.2 Å². The minimum Gasteiger partial charge on any atom is -0.477 e. The number of anilines is 1. The van der Waals surface area contributed by atoms with Gasteiger partial charge in [0, 0.05) is 12.6 Å². The summed E-state index contributed by atoms with van der Waals surface area (Å²) in [4.78, 5) is 28.7. The standard InChI is InChI=1S/C31H35N3O5S/c1-23-16-18-26(19-17-23)40(37,38)34(25-12-6-3-7-13-25)22-30(35)33-21-29(39-28-15-9-8-14-27(28)33)31(36)32-20-24-10-4-2-5-11-24/h2,4-5,8-11,14-19,25,29H,3,6-7,12-13,20-22H2,1H3,(H,32,36)/t29-/m1/s1. The highest BCUT2D eigenvalue weighted by molar-refractivity contribution is 7.89. The minimum atomic E-state index is -3.92. The summed E-state index contributed by atoms with van der Waals surface area (Å²) in [5.41, 5.74) is 2.43. The van der Waals surface area contributed by atoms with Crippen molar-refractivity contribution < 1.29 is 22.7 Å². The molecule has 1 saturated carbocycles. The second kappa shape index (κ2) is 12.2. The van der Waals surface area contributed by atoms with E-state index < -0.39 is 22.0 Å². The van der Waals surface area contributed by atoms with Crippen LogP contribution in [0.15, 0.2) is 83.8 Å². The fraction of sp³-hybridized carbons (Fsp3) is 0.355. The molecule has 8 nitrogen and oxygen atoms in total. The molecule has 0 radical (unpaired) electrons. The lowest BCUT2D eigenvalue weighted by Gasteiger charge is -2.37. The van der Waals surface area contributed by atoms with E-state index in [4.69, 9.17) is 4.74 Å². The van der Waals surface area contributed by atoms with Crippen LogP contribution in [0.3, 0.4) is 0 Å². The summed E-state index contributed by atoms with van der Waals surface area (Å²) in [5, 5.41) is 2.89. The van der Waals surface area contributed by atoms with Crippen LogP contribution in [0.1, 0.15) is 43.2 Å². The second-order valence-corrected chi connectivity index (χ2v) is 12.3. The summed E-state index contributed by atoms with van der Waals surface area (Å²) in [6, 6.07) is 23.1. The first-order chi connectivity index (χ1) is 19.3. The van der Waals surface area contributed by atoms with Crippen molar-refractivity contribution in [2.45, 2.75) is 62.6 Å². The summed E-state index contributed by atoms with van der Waals surface area (Å²) < 4.78 is 35.1. The fourth-order valence-corrected chi connectivity index (χ4v) is 6.98. The van der Waals surface area contributed by atoms with Crippen LogP contribution >= 0.6 is 0 Å². The molecule has 1 aliphatic carbocycles. The Labute approximate surface area is 236 Å². The average molecular weight is 562 g/mol. The maximum atomic E-state index is 13.9. The third-order valence-corrected chi connectivity index (χ3v) is 9.49. The van der Waals surface area contributed by atoms with Crippen LogP contribution in [0.5, 0.6) is 5.75 Å². The molecule has 1 aliphatic heterocycles. The van der Waals surface area contributed by atoms with Crippen molar-refractivity contribution >= 4 is 27.5 Å². The van der Waals surface area contributed by atoms with Crippen LogP contribution in [0.2, 0.25) is 0 Å². The summed E-state index contributed by atoms with van der Waals surface area (Å²) >= 11 is 0. The zero-order valence-corrected chi connectivity index (χ0v) is 23.5. The number of para-hydroxylation sites is 2. The molecule has 5 rings (SSSR count). The lowest BCUT2D eigenvalue weighted by Crippen LogP contribution is -2.54. The highest BCUT2D eigenvalue weighted by Gasteiger charge is 2.38. The molecule has 0 aromatic heterocycles. The monoisotopic (exact) mass is 561 g/mol. The largest absolute Gasteiger partial charge is 0.477 e. The Bertz CT molecular complexity index is 1440. The van der Waals surface area contributed by atoms with Crippen molar-refractivity contribution in [3.63, 3.8) is 0 Å². The number of fused-ring (bicyclic) bond motifs is 1. The van der Waals surface area contributed by atoms with E-state index >= 15 is 0 Å². The van der Waals surface area contributed by atoms with Gasteiger partial charge in [-0.15, -0.1) is 0 Å². The molecule has 0 saturated heterocycles. The van der Waals surface area contributed by atoms with Gasteiger partial charge >= 0.3 is 0 Å². The molecule has 1 fully saturated rings. The molecule has 2 amide bonds. The number of hydrogen-bond donors (Lipinski definition) is 1. The summed E-state index contributed by atoms with van der Waals surface area (Å²) in [6.07, 6.45) is 3.38.